The lowest BCUT2D eigenvalue weighted by atomic mass is 10.2. The average molecular weight is 490 g/mol. The predicted molar refractivity (Wildman–Crippen MR) is 92.9 cm³/mol. The Morgan fingerprint density at radius 1 is 0.455 bits per heavy atom. The lowest BCUT2D eigenvalue weighted by molar-refractivity contribution is 0.123. The molecule has 0 saturated carbocycles. The third-order valence-corrected chi connectivity index (χ3v) is 3.98. The van der Waals surface area contributed by atoms with Crippen LogP contribution in [0.3, 0.4) is 0 Å². The number of hydrogen-bond acceptors (Lipinski definition) is 4. The van der Waals surface area contributed by atoms with Crippen molar-refractivity contribution in [3.8, 4) is 0 Å². The minimum atomic E-state index is -2.30. The Balaban J connectivity index is 1.73. The molecule has 2 aromatic rings. The molecule has 0 aliphatic rings. The Hall–Kier alpha value is -3.32. The van der Waals surface area contributed by atoms with E-state index < -0.39 is 82.5 Å². The van der Waals surface area contributed by atoms with E-state index in [9.17, 15) is 43.9 Å². The van der Waals surface area contributed by atoms with Crippen LogP contribution in [-0.2, 0) is 22.9 Å². The number of nitrogens with zero attached hydrogens (tertiary/aromatic N) is 2. The minimum Gasteiger partial charge on any atom is -0.391 e. The standard InChI is InChI=1S/C19H12F10N2O2/c20-10-8(11(21)15(25)18(28)14(10)24)6-32-30-4-2-1-3-5-31-33-7-9-12(22)16(26)19(29)17(27)13(9)23/h4-5H,1-3,6-7H2. The van der Waals surface area contributed by atoms with Gasteiger partial charge in [0.1, 0.15) is 13.2 Å². The quantitative estimate of drug-likeness (QED) is 0.103. The SMILES string of the molecule is Fc1c(F)c(F)c(CON=CCCCC=NOCc2c(F)c(F)c(F)c(F)c2F)c(F)c1F. The summed E-state index contributed by atoms with van der Waals surface area (Å²) in [6, 6.07) is 0. The van der Waals surface area contributed by atoms with E-state index in [0.29, 0.717) is 6.42 Å². The van der Waals surface area contributed by atoms with E-state index in [1.54, 1.807) is 0 Å². The van der Waals surface area contributed by atoms with Crippen LogP contribution >= 0.6 is 0 Å². The van der Waals surface area contributed by atoms with Gasteiger partial charge in [0.05, 0.1) is 11.1 Å². The molecular weight excluding hydrogens is 478 g/mol. The summed E-state index contributed by atoms with van der Waals surface area (Å²) in [4.78, 5) is 8.98. The second-order valence-corrected chi connectivity index (χ2v) is 6.15. The van der Waals surface area contributed by atoms with E-state index in [1.165, 1.54) is 0 Å². The van der Waals surface area contributed by atoms with Crippen molar-refractivity contribution in [2.45, 2.75) is 32.5 Å². The van der Waals surface area contributed by atoms with Crippen molar-refractivity contribution < 1.29 is 53.6 Å². The van der Waals surface area contributed by atoms with Crippen LogP contribution in [0.15, 0.2) is 10.3 Å². The van der Waals surface area contributed by atoms with Gasteiger partial charge in [0, 0.05) is 12.4 Å². The first-order valence-electron chi connectivity index (χ1n) is 8.87. The van der Waals surface area contributed by atoms with Gasteiger partial charge in [-0.05, 0) is 19.3 Å². The highest BCUT2D eigenvalue weighted by Crippen LogP contribution is 2.24. The molecule has 0 atom stereocenters. The number of halogens is 10. The van der Waals surface area contributed by atoms with Crippen molar-refractivity contribution in [2.24, 2.45) is 10.3 Å². The monoisotopic (exact) mass is 490 g/mol. The van der Waals surface area contributed by atoms with Crippen LogP contribution in [0.2, 0.25) is 0 Å². The maximum absolute atomic E-state index is 13.4. The van der Waals surface area contributed by atoms with E-state index in [2.05, 4.69) is 20.0 Å². The van der Waals surface area contributed by atoms with Gasteiger partial charge >= 0.3 is 0 Å². The fourth-order valence-corrected chi connectivity index (χ4v) is 2.27. The van der Waals surface area contributed by atoms with Gasteiger partial charge in [0.15, 0.2) is 46.5 Å². The van der Waals surface area contributed by atoms with E-state index in [1.807, 2.05) is 0 Å². The molecular formula is C19H12F10N2O2. The van der Waals surface area contributed by atoms with Crippen molar-refractivity contribution in [1.82, 2.24) is 0 Å². The van der Waals surface area contributed by atoms with Crippen LogP contribution in [-0.4, -0.2) is 12.4 Å². The molecule has 0 saturated heterocycles. The largest absolute Gasteiger partial charge is 0.391 e. The van der Waals surface area contributed by atoms with Gasteiger partial charge in [-0.3, -0.25) is 0 Å². The molecule has 14 heteroatoms. The zero-order chi connectivity index (χ0) is 24.7. The summed E-state index contributed by atoms with van der Waals surface area (Å²) in [5.41, 5.74) is -2.39. The topological polar surface area (TPSA) is 43.2 Å². The Labute approximate surface area is 179 Å². The Morgan fingerprint density at radius 2 is 0.727 bits per heavy atom. The van der Waals surface area contributed by atoms with E-state index in [-0.39, 0.29) is 12.8 Å². The molecule has 0 aliphatic carbocycles. The number of benzene rings is 2. The minimum absolute atomic E-state index is 0.195. The van der Waals surface area contributed by atoms with E-state index in [4.69, 9.17) is 0 Å². The molecule has 33 heavy (non-hydrogen) atoms. The molecule has 2 rings (SSSR count). The second kappa shape index (κ2) is 11.5. The summed E-state index contributed by atoms with van der Waals surface area (Å²) >= 11 is 0. The van der Waals surface area contributed by atoms with Gasteiger partial charge in [-0.15, -0.1) is 0 Å². The van der Waals surface area contributed by atoms with Crippen molar-refractivity contribution >= 4 is 12.4 Å². The summed E-state index contributed by atoms with van der Waals surface area (Å²) in [6.07, 6.45) is 2.96. The van der Waals surface area contributed by atoms with Crippen LogP contribution < -0.4 is 0 Å². The third-order valence-electron chi connectivity index (χ3n) is 3.98. The maximum Gasteiger partial charge on any atom is 0.200 e. The Morgan fingerprint density at radius 3 is 1.03 bits per heavy atom. The maximum atomic E-state index is 13.4. The van der Waals surface area contributed by atoms with Gasteiger partial charge in [0.2, 0.25) is 11.6 Å². The van der Waals surface area contributed by atoms with E-state index in [0.717, 1.165) is 12.4 Å². The Bertz CT molecular complexity index is 934. The molecule has 0 radical (unpaired) electrons. The number of unbranched alkanes of at least 4 members (excludes halogenated alkanes) is 2. The second-order valence-electron chi connectivity index (χ2n) is 6.15. The summed E-state index contributed by atoms with van der Waals surface area (Å²) < 4.78 is 132. The summed E-state index contributed by atoms with van der Waals surface area (Å²) in [7, 11) is 0. The highest BCUT2D eigenvalue weighted by atomic mass is 19.2. The summed E-state index contributed by atoms with van der Waals surface area (Å²) in [5.74, 6) is -21.2. The smallest absolute Gasteiger partial charge is 0.200 e. The molecule has 2 aromatic carbocycles. The zero-order valence-electron chi connectivity index (χ0n) is 16.2. The molecule has 0 bridgehead atoms. The summed E-state index contributed by atoms with van der Waals surface area (Å²) in [5, 5.41) is 6.58. The number of hydrogen-bond donors (Lipinski definition) is 0. The lowest BCUT2D eigenvalue weighted by Gasteiger charge is -2.06. The molecule has 0 N–H and O–H groups in total. The normalized spacial score (nSPS) is 11.7. The molecule has 0 aliphatic heterocycles. The van der Waals surface area contributed by atoms with Crippen LogP contribution in [0, 0.1) is 58.2 Å². The van der Waals surface area contributed by atoms with Crippen molar-refractivity contribution in [1.29, 1.82) is 0 Å². The first-order valence-corrected chi connectivity index (χ1v) is 8.87. The lowest BCUT2D eigenvalue weighted by Crippen LogP contribution is -2.07. The third kappa shape index (κ3) is 5.93. The van der Waals surface area contributed by atoms with E-state index >= 15 is 0 Å². The summed E-state index contributed by atoms with van der Waals surface area (Å²) in [6.45, 7) is -2.04. The van der Waals surface area contributed by atoms with Crippen LogP contribution in [0.5, 0.6) is 0 Å². The average Bonchev–Trinajstić information content (AvgIpc) is 2.81. The first-order chi connectivity index (χ1) is 15.6. The van der Waals surface area contributed by atoms with Gasteiger partial charge in [-0.25, -0.2) is 43.9 Å². The van der Waals surface area contributed by atoms with Gasteiger partial charge < -0.3 is 9.68 Å². The van der Waals surface area contributed by atoms with Gasteiger partial charge in [-0.1, -0.05) is 10.3 Å². The molecule has 0 spiro atoms. The van der Waals surface area contributed by atoms with Gasteiger partial charge in [-0.2, -0.15) is 0 Å². The van der Waals surface area contributed by atoms with Crippen LogP contribution in [0.1, 0.15) is 30.4 Å². The van der Waals surface area contributed by atoms with Crippen LogP contribution in [0.25, 0.3) is 0 Å². The van der Waals surface area contributed by atoms with Crippen LogP contribution in [0.4, 0.5) is 43.9 Å². The van der Waals surface area contributed by atoms with Gasteiger partial charge in [0.25, 0.3) is 0 Å². The van der Waals surface area contributed by atoms with Crippen molar-refractivity contribution in [3.63, 3.8) is 0 Å². The fourth-order valence-electron chi connectivity index (χ4n) is 2.27. The molecule has 0 heterocycles. The molecule has 0 fully saturated rings. The Kier molecular flexibility index (Phi) is 9.05. The van der Waals surface area contributed by atoms with Crippen molar-refractivity contribution in [2.75, 3.05) is 0 Å². The van der Waals surface area contributed by atoms with Crippen molar-refractivity contribution in [3.05, 3.63) is 69.3 Å². The molecule has 0 unspecified atom stereocenters. The number of rotatable bonds is 10. The highest BCUT2D eigenvalue weighted by Gasteiger charge is 2.26. The molecule has 0 aromatic heterocycles. The first kappa shape index (κ1) is 25.9. The molecule has 4 nitrogen and oxygen atoms in total. The fraction of sp³-hybridized carbons (Fsp3) is 0.263. The highest BCUT2D eigenvalue weighted by molar-refractivity contribution is 5.59. The number of oxime groups is 2. The molecule has 0 amide bonds. The molecule has 180 valence electrons. The predicted octanol–water partition coefficient (Wildman–Crippen LogP) is 5.95. The zero-order valence-corrected chi connectivity index (χ0v) is 16.2.